The summed E-state index contributed by atoms with van der Waals surface area (Å²) in [7, 11) is 0. The molecule has 28 heavy (non-hydrogen) atoms. The number of hydrogen-bond donors (Lipinski definition) is 1. The van der Waals surface area contributed by atoms with Crippen LogP contribution in [0.15, 0.2) is 41.8 Å². The van der Waals surface area contributed by atoms with Crippen molar-refractivity contribution in [1.82, 2.24) is 4.90 Å². The Balaban J connectivity index is 1.37. The fourth-order valence-electron chi connectivity index (χ4n) is 3.98. The van der Waals surface area contributed by atoms with Crippen molar-refractivity contribution in [1.29, 1.82) is 0 Å². The third kappa shape index (κ3) is 4.62. The number of nitrogens with zero attached hydrogens (tertiary/aromatic N) is 1. The van der Waals surface area contributed by atoms with Crippen molar-refractivity contribution in [2.24, 2.45) is 5.92 Å². The van der Waals surface area contributed by atoms with Crippen LogP contribution >= 0.6 is 11.3 Å². The van der Waals surface area contributed by atoms with Crippen LogP contribution in [-0.4, -0.2) is 36.0 Å². The molecule has 2 atom stereocenters. The molecule has 1 saturated heterocycles. The molecule has 1 N–H and O–H groups in total. The monoisotopic (exact) mass is 398 g/mol. The first-order valence-electron chi connectivity index (χ1n) is 9.99. The molecule has 0 bridgehead atoms. The number of benzene rings is 1. The average Bonchev–Trinajstić information content (AvgIpc) is 3.40. The van der Waals surface area contributed by atoms with Crippen LogP contribution in [0.2, 0.25) is 0 Å². The molecule has 3 heterocycles. The second-order valence-corrected chi connectivity index (χ2v) is 8.61. The minimum absolute atomic E-state index is 0.0235. The molecular formula is C22H26N2O3S. The van der Waals surface area contributed by atoms with Crippen LogP contribution in [0.3, 0.4) is 0 Å². The Hall–Kier alpha value is -2.18. The van der Waals surface area contributed by atoms with Gasteiger partial charge in [0, 0.05) is 36.1 Å². The average molecular weight is 399 g/mol. The highest BCUT2D eigenvalue weighted by molar-refractivity contribution is 7.09. The maximum Gasteiger partial charge on any atom is 0.227 e. The predicted octanol–water partition coefficient (Wildman–Crippen LogP) is 3.85. The van der Waals surface area contributed by atoms with Crippen LogP contribution in [0.5, 0.6) is 0 Å². The summed E-state index contributed by atoms with van der Waals surface area (Å²) in [5, 5.41) is 5.01. The van der Waals surface area contributed by atoms with Gasteiger partial charge in [-0.25, -0.2) is 0 Å². The number of para-hydroxylation sites is 1. The molecule has 0 aliphatic carbocycles. The van der Waals surface area contributed by atoms with Gasteiger partial charge in [-0.05, 0) is 48.8 Å². The van der Waals surface area contributed by atoms with Gasteiger partial charge in [-0.3, -0.25) is 9.59 Å². The lowest BCUT2D eigenvalue weighted by molar-refractivity contribution is -0.134. The number of hydrogen-bond acceptors (Lipinski definition) is 4. The van der Waals surface area contributed by atoms with Crippen molar-refractivity contribution in [2.45, 2.75) is 44.8 Å². The number of rotatable bonds is 7. The van der Waals surface area contributed by atoms with Crippen molar-refractivity contribution < 1.29 is 14.3 Å². The number of thiophene rings is 1. The number of carbonyl (C=O) groups excluding carboxylic acids is 2. The van der Waals surface area contributed by atoms with E-state index in [4.69, 9.17) is 4.74 Å². The van der Waals surface area contributed by atoms with E-state index >= 15 is 0 Å². The molecule has 148 valence electrons. The number of nitrogens with one attached hydrogen (secondary N) is 1. The Kier molecular flexibility index (Phi) is 6.07. The normalized spacial score (nSPS) is 21.2. The van der Waals surface area contributed by atoms with E-state index in [-0.39, 0.29) is 23.8 Å². The number of amides is 2. The molecular weight excluding hydrogens is 372 g/mol. The number of fused-ring (bicyclic) bond motifs is 1. The highest BCUT2D eigenvalue weighted by Crippen LogP contribution is 2.28. The molecule has 5 nitrogen and oxygen atoms in total. The largest absolute Gasteiger partial charge is 0.376 e. The van der Waals surface area contributed by atoms with E-state index in [0.717, 1.165) is 30.7 Å². The van der Waals surface area contributed by atoms with E-state index in [9.17, 15) is 9.59 Å². The molecule has 0 radical (unpaired) electrons. The summed E-state index contributed by atoms with van der Waals surface area (Å²) in [5.41, 5.74) is 2.04. The second-order valence-electron chi connectivity index (χ2n) is 7.57. The molecule has 1 aromatic carbocycles. The van der Waals surface area contributed by atoms with Gasteiger partial charge in [0.1, 0.15) is 0 Å². The summed E-state index contributed by atoms with van der Waals surface area (Å²) in [6.45, 7) is 2.04. The smallest absolute Gasteiger partial charge is 0.227 e. The van der Waals surface area contributed by atoms with Crippen LogP contribution in [0.25, 0.3) is 0 Å². The first kappa shape index (κ1) is 19.2. The van der Waals surface area contributed by atoms with Crippen molar-refractivity contribution in [2.75, 3.05) is 18.5 Å². The molecule has 0 saturated carbocycles. The third-order valence-electron chi connectivity index (χ3n) is 5.55. The summed E-state index contributed by atoms with van der Waals surface area (Å²) >= 11 is 1.67. The maximum atomic E-state index is 13.0. The topological polar surface area (TPSA) is 58.6 Å². The van der Waals surface area contributed by atoms with Gasteiger partial charge in [0.2, 0.25) is 11.8 Å². The van der Waals surface area contributed by atoms with Gasteiger partial charge in [0.15, 0.2) is 0 Å². The molecule has 6 heteroatoms. The Bertz CT molecular complexity index is 815. The van der Waals surface area contributed by atoms with Crippen LogP contribution in [-0.2, 0) is 27.3 Å². The molecule has 2 aromatic rings. The van der Waals surface area contributed by atoms with Crippen molar-refractivity contribution >= 4 is 28.8 Å². The SMILES string of the molecule is O=C1Nc2ccccc2CC1CCC(=O)N(Cc1cccs1)CC1CCCO1. The highest BCUT2D eigenvalue weighted by Gasteiger charge is 2.28. The molecule has 1 fully saturated rings. The zero-order valence-corrected chi connectivity index (χ0v) is 16.7. The summed E-state index contributed by atoms with van der Waals surface area (Å²) in [5.74, 6) is -0.0174. The summed E-state index contributed by atoms with van der Waals surface area (Å²) in [6.07, 6.45) is 3.87. The van der Waals surface area contributed by atoms with Gasteiger partial charge in [-0.15, -0.1) is 11.3 Å². The van der Waals surface area contributed by atoms with E-state index in [1.165, 1.54) is 4.88 Å². The van der Waals surface area contributed by atoms with Gasteiger partial charge in [-0.2, -0.15) is 0 Å². The van der Waals surface area contributed by atoms with Crippen molar-refractivity contribution in [3.05, 3.63) is 52.2 Å². The van der Waals surface area contributed by atoms with Gasteiger partial charge >= 0.3 is 0 Å². The van der Waals surface area contributed by atoms with E-state index in [1.807, 2.05) is 40.6 Å². The van der Waals surface area contributed by atoms with Crippen molar-refractivity contribution in [3.63, 3.8) is 0 Å². The summed E-state index contributed by atoms with van der Waals surface area (Å²) in [4.78, 5) is 28.5. The molecule has 2 amide bonds. The van der Waals surface area contributed by atoms with Gasteiger partial charge < -0.3 is 15.0 Å². The van der Waals surface area contributed by atoms with E-state index in [0.29, 0.717) is 32.4 Å². The van der Waals surface area contributed by atoms with Crippen LogP contribution in [0, 0.1) is 5.92 Å². The van der Waals surface area contributed by atoms with Gasteiger partial charge in [0.05, 0.1) is 12.6 Å². The van der Waals surface area contributed by atoms with Crippen molar-refractivity contribution in [3.8, 4) is 0 Å². The fourth-order valence-corrected chi connectivity index (χ4v) is 4.70. The minimum Gasteiger partial charge on any atom is -0.376 e. The van der Waals surface area contributed by atoms with E-state index in [1.54, 1.807) is 11.3 Å². The molecule has 4 rings (SSSR count). The number of anilines is 1. The van der Waals surface area contributed by atoms with Gasteiger partial charge in [-0.1, -0.05) is 24.3 Å². The standard InChI is InChI=1S/C22H26N2O3S/c25-21(10-9-17-13-16-5-1-2-8-20(16)23-22(17)26)24(14-18-6-3-11-27-18)15-19-7-4-12-28-19/h1-2,4-5,7-8,12,17-18H,3,6,9-11,13-15H2,(H,23,26). The molecule has 2 aliphatic rings. The fraction of sp³-hybridized carbons (Fsp3) is 0.455. The minimum atomic E-state index is -0.148. The second kappa shape index (κ2) is 8.88. The van der Waals surface area contributed by atoms with E-state index in [2.05, 4.69) is 11.4 Å². The molecule has 2 aliphatic heterocycles. The zero-order chi connectivity index (χ0) is 19.3. The maximum absolute atomic E-state index is 13.0. The Morgan fingerprint density at radius 1 is 1.25 bits per heavy atom. The lowest BCUT2D eigenvalue weighted by Crippen LogP contribution is -2.37. The predicted molar refractivity (Wildman–Crippen MR) is 110 cm³/mol. The Labute approximate surface area is 169 Å². The quantitative estimate of drug-likeness (QED) is 0.771. The lowest BCUT2D eigenvalue weighted by Gasteiger charge is -2.27. The summed E-state index contributed by atoms with van der Waals surface area (Å²) in [6, 6.07) is 12.0. The van der Waals surface area contributed by atoms with Crippen LogP contribution < -0.4 is 5.32 Å². The highest BCUT2D eigenvalue weighted by atomic mass is 32.1. The number of ether oxygens (including phenoxy) is 1. The number of carbonyl (C=O) groups is 2. The first-order valence-corrected chi connectivity index (χ1v) is 10.9. The Morgan fingerprint density at radius 3 is 2.93 bits per heavy atom. The van der Waals surface area contributed by atoms with E-state index < -0.39 is 0 Å². The Morgan fingerprint density at radius 2 is 2.14 bits per heavy atom. The molecule has 2 unspecified atom stereocenters. The third-order valence-corrected chi connectivity index (χ3v) is 6.41. The van der Waals surface area contributed by atoms with Crippen LogP contribution in [0.4, 0.5) is 5.69 Å². The lowest BCUT2D eigenvalue weighted by atomic mass is 9.89. The first-order chi connectivity index (χ1) is 13.7. The molecule has 1 aromatic heterocycles. The van der Waals surface area contributed by atoms with Crippen LogP contribution in [0.1, 0.15) is 36.1 Å². The van der Waals surface area contributed by atoms with Gasteiger partial charge in [0.25, 0.3) is 0 Å². The summed E-state index contributed by atoms with van der Waals surface area (Å²) < 4.78 is 5.75. The molecule has 0 spiro atoms. The zero-order valence-electron chi connectivity index (χ0n) is 15.9.